The SMILES string of the molecule is Cc1cc(F)ccc1COc1ccc([N+](=O)[O-])cc1CCl. The summed E-state index contributed by atoms with van der Waals surface area (Å²) in [6, 6.07) is 8.72. The zero-order valence-electron chi connectivity index (χ0n) is 11.3. The highest BCUT2D eigenvalue weighted by Gasteiger charge is 2.11. The third kappa shape index (κ3) is 3.70. The summed E-state index contributed by atoms with van der Waals surface area (Å²) in [5.41, 5.74) is 2.14. The molecule has 4 nitrogen and oxygen atoms in total. The van der Waals surface area contributed by atoms with Crippen molar-refractivity contribution in [2.75, 3.05) is 0 Å². The Morgan fingerprint density at radius 2 is 2.00 bits per heavy atom. The minimum atomic E-state index is -0.482. The van der Waals surface area contributed by atoms with Crippen LogP contribution in [-0.4, -0.2) is 4.92 Å². The number of rotatable bonds is 5. The lowest BCUT2D eigenvalue weighted by molar-refractivity contribution is -0.384. The molecule has 0 aliphatic rings. The molecule has 0 fully saturated rings. The topological polar surface area (TPSA) is 52.4 Å². The van der Waals surface area contributed by atoms with Crippen molar-refractivity contribution < 1.29 is 14.1 Å². The van der Waals surface area contributed by atoms with Crippen LogP contribution in [0.15, 0.2) is 36.4 Å². The fraction of sp³-hybridized carbons (Fsp3) is 0.200. The number of halogens is 2. The molecule has 0 unspecified atom stereocenters. The Labute approximate surface area is 126 Å². The fourth-order valence-electron chi connectivity index (χ4n) is 1.90. The monoisotopic (exact) mass is 309 g/mol. The van der Waals surface area contributed by atoms with Crippen molar-refractivity contribution in [3.05, 3.63) is 69.0 Å². The standard InChI is InChI=1S/C15H13ClFNO3/c1-10-6-13(17)3-2-11(10)9-21-15-5-4-14(18(19)20)7-12(15)8-16/h2-7H,8-9H2,1H3. The molecule has 0 aromatic heterocycles. The molecule has 2 rings (SSSR count). The molecular weight excluding hydrogens is 297 g/mol. The maximum Gasteiger partial charge on any atom is 0.270 e. The zero-order chi connectivity index (χ0) is 15.4. The predicted octanol–water partition coefficient (Wildman–Crippen LogP) is 4.36. The predicted molar refractivity (Wildman–Crippen MR) is 78.1 cm³/mol. The van der Waals surface area contributed by atoms with Crippen molar-refractivity contribution in [2.45, 2.75) is 19.4 Å². The third-order valence-corrected chi connectivity index (χ3v) is 3.37. The van der Waals surface area contributed by atoms with Crippen LogP contribution in [0.3, 0.4) is 0 Å². The van der Waals surface area contributed by atoms with Crippen LogP contribution in [0, 0.1) is 22.9 Å². The highest BCUT2D eigenvalue weighted by Crippen LogP contribution is 2.26. The minimum absolute atomic E-state index is 0.0315. The fourth-order valence-corrected chi connectivity index (χ4v) is 2.11. The zero-order valence-corrected chi connectivity index (χ0v) is 12.1. The lowest BCUT2D eigenvalue weighted by Gasteiger charge is -2.11. The average Bonchev–Trinajstić information content (AvgIpc) is 2.46. The minimum Gasteiger partial charge on any atom is -0.489 e. The van der Waals surface area contributed by atoms with Gasteiger partial charge in [0.15, 0.2) is 0 Å². The number of nitro benzene ring substituents is 1. The average molecular weight is 310 g/mol. The molecule has 0 bridgehead atoms. The quantitative estimate of drug-likeness (QED) is 0.468. The van der Waals surface area contributed by atoms with E-state index in [0.29, 0.717) is 11.3 Å². The Hall–Kier alpha value is -2.14. The molecule has 0 atom stereocenters. The van der Waals surface area contributed by atoms with Gasteiger partial charge in [-0.15, -0.1) is 11.6 Å². The van der Waals surface area contributed by atoms with Gasteiger partial charge in [0.1, 0.15) is 18.2 Å². The third-order valence-electron chi connectivity index (χ3n) is 3.09. The second kappa shape index (κ2) is 6.54. The Morgan fingerprint density at radius 3 is 2.62 bits per heavy atom. The molecule has 6 heteroatoms. The summed E-state index contributed by atoms with van der Waals surface area (Å²) >= 11 is 5.79. The smallest absolute Gasteiger partial charge is 0.270 e. The normalized spacial score (nSPS) is 10.4. The number of nitrogens with zero attached hydrogens (tertiary/aromatic N) is 1. The lowest BCUT2D eigenvalue weighted by Crippen LogP contribution is -2.01. The van der Waals surface area contributed by atoms with E-state index in [1.165, 1.54) is 30.3 Å². The molecular formula is C15H13ClFNO3. The molecule has 0 aliphatic carbocycles. The van der Waals surface area contributed by atoms with E-state index >= 15 is 0 Å². The summed E-state index contributed by atoms with van der Waals surface area (Å²) in [6.45, 7) is 2.04. The summed E-state index contributed by atoms with van der Waals surface area (Å²) in [6.07, 6.45) is 0. The lowest BCUT2D eigenvalue weighted by atomic mass is 10.1. The van der Waals surface area contributed by atoms with Crippen molar-refractivity contribution >= 4 is 17.3 Å². The highest BCUT2D eigenvalue weighted by atomic mass is 35.5. The maximum absolute atomic E-state index is 13.0. The molecule has 2 aromatic rings. The first-order valence-electron chi connectivity index (χ1n) is 6.22. The van der Waals surface area contributed by atoms with E-state index in [9.17, 15) is 14.5 Å². The number of benzene rings is 2. The molecule has 0 heterocycles. The van der Waals surface area contributed by atoms with Crippen LogP contribution in [0.1, 0.15) is 16.7 Å². The molecule has 21 heavy (non-hydrogen) atoms. The first-order valence-corrected chi connectivity index (χ1v) is 6.76. The van der Waals surface area contributed by atoms with Crippen molar-refractivity contribution in [1.82, 2.24) is 0 Å². The van der Waals surface area contributed by atoms with Crippen molar-refractivity contribution in [2.24, 2.45) is 0 Å². The summed E-state index contributed by atoms with van der Waals surface area (Å²) in [5.74, 6) is 0.298. The largest absolute Gasteiger partial charge is 0.489 e. The summed E-state index contributed by atoms with van der Waals surface area (Å²) in [5, 5.41) is 10.7. The molecule has 0 aliphatic heterocycles. The molecule has 2 aromatic carbocycles. The molecule has 0 amide bonds. The van der Waals surface area contributed by atoms with Gasteiger partial charge >= 0.3 is 0 Å². The number of alkyl halides is 1. The van der Waals surface area contributed by atoms with Crippen LogP contribution in [0.4, 0.5) is 10.1 Å². The van der Waals surface area contributed by atoms with Gasteiger partial charge in [0.25, 0.3) is 5.69 Å². The van der Waals surface area contributed by atoms with Gasteiger partial charge in [0.2, 0.25) is 0 Å². The second-order valence-corrected chi connectivity index (χ2v) is 4.81. The number of nitro groups is 1. The van der Waals surface area contributed by atoms with Crippen molar-refractivity contribution in [1.29, 1.82) is 0 Å². The second-order valence-electron chi connectivity index (χ2n) is 4.54. The van der Waals surface area contributed by atoms with E-state index in [0.717, 1.165) is 11.1 Å². The van der Waals surface area contributed by atoms with Gasteiger partial charge in [0.05, 0.1) is 10.8 Å². The Morgan fingerprint density at radius 1 is 1.24 bits per heavy atom. The number of aryl methyl sites for hydroxylation is 1. The molecule has 0 saturated carbocycles. The number of hydrogen-bond donors (Lipinski definition) is 0. The Bertz CT molecular complexity index is 676. The van der Waals surface area contributed by atoms with Crippen LogP contribution < -0.4 is 4.74 Å². The van der Waals surface area contributed by atoms with Crippen molar-refractivity contribution in [3.8, 4) is 5.75 Å². The van der Waals surface area contributed by atoms with E-state index in [2.05, 4.69) is 0 Å². The number of non-ortho nitro benzene ring substituents is 1. The first-order chi connectivity index (χ1) is 10.0. The van der Waals surface area contributed by atoms with E-state index in [-0.39, 0.29) is 24.0 Å². The molecule has 0 N–H and O–H groups in total. The summed E-state index contributed by atoms with van der Waals surface area (Å²) in [4.78, 5) is 10.2. The highest BCUT2D eigenvalue weighted by molar-refractivity contribution is 6.17. The van der Waals surface area contributed by atoms with Crippen LogP contribution in [0.2, 0.25) is 0 Å². The molecule has 0 saturated heterocycles. The van der Waals surface area contributed by atoms with Crippen molar-refractivity contribution in [3.63, 3.8) is 0 Å². The van der Waals surface area contributed by atoms with Gasteiger partial charge in [-0.2, -0.15) is 0 Å². The molecule has 0 spiro atoms. The van der Waals surface area contributed by atoms with Crippen LogP contribution in [0.5, 0.6) is 5.75 Å². The Balaban J connectivity index is 2.17. The van der Waals surface area contributed by atoms with Gasteiger partial charge in [-0.05, 0) is 36.2 Å². The van der Waals surface area contributed by atoms with Crippen LogP contribution >= 0.6 is 11.6 Å². The van der Waals surface area contributed by atoms with Gasteiger partial charge in [-0.1, -0.05) is 6.07 Å². The van der Waals surface area contributed by atoms with Gasteiger partial charge in [-0.25, -0.2) is 4.39 Å². The van der Waals surface area contributed by atoms with E-state index in [4.69, 9.17) is 16.3 Å². The maximum atomic E-state index is 13.0. The summed E-state index contributed by atoms with van der Waals surface area (Å²) < 4.78 is 18.7. The number of ether oxygens (including phenoxy) is 1. The first kappa shape index (κ1) is 15.3. The summed E-state index contributed by atoms with van der Waals surface area (Å²) in [7, 11) is 0. The van der Waals surface area contributed by atoms with E-state index in [1.807, 2.05) is 0 Å². The van der Waals surface area contributed by atoms with Gasteiger partial charge in [-0.3, -0.25) is 10.1 Å². The number of hydrogen-bond acceptors (Lipinski definition) is 3. The van der Waals surface area contributed by atoms with Gasteiger partial charge < -0.3 is 4.74 Å². The van der Waals surface area contributed by atoms with E-state index < -0.39 is 4.92 Å². The van der Waals surface area contributed by atoms with E-state index in [1.54, 1.807) is 13.0 Å². The molecule has 0 radical (unpaired) electrons. The molecule has 110 valence electrons. The van der Waals surface area contributed by atoms with Gasteiger partial charge in [0, 0.05) is 17.7 Å². The Kier molecular flexibility index (Phi) is 4.75. The van der Waals surface area contributed by atoms with Crippen LogP contribution in [0.25, 0.3) is 0 Å². The van der Waals surface area contributed by atoms with Crippen LogP contribution in [-0.2, 0) is 12.5 Å².